The van der Waals surface area contributed by atoms with E-state index in [1.807, 2.05) is 36.4 Å². The van der Waals surface area contributed by atoms with Gasteiger partial charge in [-0.2, -0.15) is 0 Å². The summed E-state index contributed by atoms with van der Waals surface area (Å²) in [5.74, 6) is 0.503. The molecule has 5 nitrogen and oxygen atoms in total. The van der Waals surface area contributed by atoms with Crippen molar-refractivity contribution in [3.63, 3.8) is 0 Å². The number of benzene rings is 2. The molecule has 0 spiro atoms. The Hall–Kier alpha value is -2.56. The minimum Gasteiger partial charge on any atom is -0.496 e. The molecule has 1 fully saturated rings. The van der Waals surface area contributed by atoms with Crippen molar-refractivity contribution in [3.8, 4) is 5.75 Å². The molecule has 3 rings (SSSR count). The number of amides is 2. The summed E-state index contributed by atoms with van der Waals surface area (Å²) in [5.41, 5.74) is 0.720. The number of carbonyl (C=O) groups is 2. The average molecular weight is 284 g/mol. The fourth-order valence-corrected chi connectivity index (χ4v) is 2.59. The maximum absolute atomic E-state index is 12.2. The van der Waals surface area contributed by atoms with Gasteiger partial charge in [0, 0.05) is 22.9 Å². The third-order valence-corrected chi connectivity index (χ3v) is 3.67. The minimum absolute atomic E-state index is 0.0743. The first-order valence-corrected chi connectivity index (χ1v) is 6.85. The summed E-state index contributed by atoms with van der Waals surface area (Å²) in [7, 11) is 1.62. The number of methoxy groups -OCH3 is 1. The highest BCUT2D eigenvalue weighted by Gasteiger charge is 2.27. The first kappa shape index (κ1) is 13.4. The Labute approximate surface area is 122 Å². The van der Waals surface area contributed by atoms with E-state index >= 15 is 0 Å². The lowest BCUT2D eigenvalue weighted by molar-refractivity contribution is -0.122. The van der Waals surface area contributed by atoms with Crippen LogP contribution in [-0.2, 0) is 9.59 Å². The van der Waals surface area contributed by atoms with E-state index in [1.165, 1.54) is 0 Å². The monoisotopic (exact) mass is 284 g/mol. The van der Waals surface area contributed by atoms with Gasteiger partial charge < -0.3 is 15.4 Å². The van der Waals surface area contributed by atoms with Crippen molar-refractivity contribution in [2.24, 2.45) is 0 Å². The van der Waals surface area contributed by atoms with E-state index in [-0.39, 0.29) is 11.8 Å². The van der Waals surface area contributed by atoms with E-state index in [4.69, 9.17) is 4.74 Å². The van der Waals surface area contributed by atoms with Gasteiger partial charge in [-0.25, -0.2) is 0 Å². The Kier molecular flexibility index (Phi) is 3.48. The zero-order chi connectivity index (χ0) is 14.8. The predicted molar refractivity (Wildman–Crippen MR) is 80.3 cm³/mol. The van der Waals surface area contributed by atoms with E-state index in [0.717, 1.165) is 22.2 Å². The molecule has 2 aromatic rings. The smallest absolute Gasteiger partial charge is 0.246 e. The van der Waals surface area contributed by atoms with Gasteiger partial charge in [-0.1, -0.05) is 24.3 Å². The van der Waals surface area contributed by atoms with E-state index in [1.54, 1.807) is 7.11 Å². The Morgan fingerprint density at radius 3 is 2.67 bits per heavy atom. The van der Waals surface area contributed by atoms with Gasteiger partial charge in [0.15, 0.2) is 0 Å². The normalized spacial score (nSPS) is 17.6. The van der Waals surface area contributed by atoms with E-state index < -0.39 is 6.04 Å². The van der Waals surface area contributed by atoms with Crippen molar-refractivity contribution in [1.82, 2.24) is 5.32 Å². The van der Waals surface area contributed by atoms with E-state index in [2.05, 4.69) is 10.6 Å². The van der Waals surface area contributed by atoms with Gasteiger partial charge in [-0.3, -0.25) is 9.59 Å². The highest BCUT2D eigenvalue weighted by atomic mass is 16.5. The molecular weight excluding hydrogens is 268 g/mol. The molecule has 2 amide bonds. The zero-order valence-electron chi connectivity index (χ0n) is 11.7. The molecule has 1 saturated heterocycles. The zero-order valence-corrected chi connectivity index (χ0v) is 11.7. The molecule has 2 aromatic carbocycles. The Balaban J connectivity index is 1.91. The number of rotatable bonds is 3. The van der Waals surface area contributed by atoms with Crippen LogP contribution in [0.1, 0.15) is 12.8 Å². The quantitative estimate of drug-likeness (QED) is 0.906. The molecule has 2 N–H and O–H groups in total. The minimum atomic E-state index is -0.446. The van der Waals surface area contributed by atoms with Crippen LogP contribution >= 0.6 is 0 Å². The fourth-order valence-electron chi connectivity index (χ4n) is 2.59. The van der Waals surface area contributed by atoms with Gasteiger partial charge in [-0.05, 0) is 18.6 Å². The molecule has 0 unspecified atom stereocenters. The maximum atomic E-state index is 12.2. The number of nitrogens with one attached hydrogen (secondary N) is 2. The summed E-state index contributed by atoms with van der Waals surface area (Å²) in [4.78, 5) is 23.4. The third kappa shape index (κ3) is 2.54. The SMILES string of the molecule is COc1ccc(NC(=O)[C@@H]2CCC(=O)N2)c2ccccc12. The molecule has 1 heterocycles. The van der Waals surface area contributed by atoms with Crippen LogP contribution in [-0.4, -0.2) is 25.0 Å². The Morgan fingerprint density at radius 2 is 2.00 bits per heavy atom. The largest absolute Gasteiger partial charge is 0.496 e. The van der Waals surface area contributed by atoms with Crippen LogP contribution in [0.3, 0.4) is 0 Å². The van der Waals surface area contributed by atoms with Crippen molar-refractivity contribution in [3.05, 3.63) is 36.4 Å². The molecule has 108 valence electrons. The summed E-state index contributed by atoms with van der Waals surface area (Å²) in [6.07, 6.45) is 0.945. The standard InChI is InChI=1S/C16H16N2O3/c1-21-14-8-6-12(10-4-2-3-5-11(10)14)18-16(20)13-7-9-15(19)17-13/h2-6,8,13H,7,9H2,1H3,(H,17,19)(H,18,20)/t13-/m0/s1. The van der Waals surface area contributed by atoms with Crippen molar-refractivity contribution in [2.75, 3.05) is 12.4 Å². The van der Waals surface area contributed by atoms with Gasteiger partial charge in [0.05, 0.1) is 7.11 Å². The van der Waals surface area contributed by atoms with Crippen LogP contribution in [0.4, 0.5) is 5.69 Å². The second-order valence-electron chi connectivity index (χ2n) is 5.01. The first-order chi connectivity index (χ1) is 10.2. The lowest BCUT2D eigenvalue weighted by Gasteiger charge is -2.14. The molecule has 0 radical (unpaired) electrons. The predicted octanol–water partition coefficient (Wildman–Crippen LogP) is 2.07. The molecule has 1 aliphatic heterocycles. The molecule has 5 heteroatoms. The molecule has 1 atom stereocenters. The number of carbonyl (C=O) groups excluding carboxylic acids is 2. The van der Waals surface area contributed by atoms with E-state index in [9.17, 15) is 9.59 Å². The van der Waals surface area contributed by atoms with E-state index in [0.29, 0.717) is 12.8 Å². The van der Waals surface area contributed by atoms with Crippen LogP contribution in [0, 0.1) is 0 Å². The number of fused-ring (bicyclic) bond motifs is 1. The summed E-state index contributed by atoms with van der Waals surface area (Å²) in [6, 6.07) is 10.9. The van der Waals surface area contributed by atoms with Crippen molar-refractivity contribution in [1.29, 1.82) is 0 Å². The van der Waals surface area contributed by atoms with Crippen molar-refractivity contribution < 1.29 is 14.3 Å². The highest BCUT2D eigenvalue weighted by molar-refractivity contribution is 6.06. The summed E-state index contributed by atoms with van der Waals surface area (Å²) in [6.45, 7) is 0. The van der Waals surface area contributed by atoms with Crippen molar-refractivity contribution >= 4 is 28.3 Å². The molecule has 21 heavy (non-hydrogen) atoms. The lowest BCUT2D eigenvalue weighted by atomic mass is 10.1. The number of anilines is 1. The molecule has 1 aliphatic rings. The summed E-state index contributed by atoms with van der Waals surface area (Å²) < 4.78 is 5.33. The molecule has 0 aromatic heterocycles. The van der Waals surface area contributed by atoms with Crippen LogP contribution in [0.2, 0.25) is 0 Å². The van der Waals surface area contributed by atoms with Crippen LogP contribution in [0.25, 0.3) is 10.8 Å². The average Bonchev–Trinajstić information content (AvgIpc) is 2.94. The molecular formula is C16H16N2O3. The van der Waals surface area contributed by atoms with Gasteiger partial charge in [0.25, 0.3) is 0 Å². The second kappa shape index (κ2) is 5.44. The van der Waals surface area contributed by atoms with Gasteiger partial charge in [0.2, 0.25) is 11.8 Å². The van der Waals surface area contributed by atoms with Gasteiger partial charge >= 0.3 is 0 Å². The number of hydrogen-bond acceptors (Lipinski definition) is 3. The first-order valence-electron chi connectivity index (χ1n) is 6.85. The second-order valence-corrected chi connectivity index (χ2v) is 5.01. The van der Waals surface area contributed by atoms with Crippen LogP contribution in [0.15, 0.2) is 36.4 Å². The summed E-state index contributed by atoms with van der Waals surface area (Å²) >= 11 is 0. The molecule has 0 aliphatic carbocycles. The van der Waals surface area contributed by atoms with Crippen LogP contribution in [0.5, 0.6) is 5.75 Å². The lowest BCUT2D eigenvalue weighted by Crippen LogP contribution is -2.37. The van der Waals surface area contributed by atoms with Crippen molar-refractivity contribution in [2.45, 2.75) is 18.9 Å². The van der Waals surface area contributed by atoms with Crippen LogP contribution < -0.4 is 15.4 Å². The van der Waals surface area contributed by atoms with Gasteiger partial charge in [-0.15, -0.1) is 0 Å². The fraction of sp³-hybridized carbons (Fsp3) is 0.250. The molecule has 0 saturated carbocycles. The summed E-state index contributed by atoms with van der Waals surface area (Å²) in [5, 5.41) is 7.41. The number of hydrogen-bond donors (Lipinski definition) is 2. The van der Waals surface area contributed by atoms with Gasteiger partial charge in [0.1, 0.15) is 11.8 Å². The number of ether oxygens (including phenoxy) is 1. The maximum Gasteiger partial charge on any atom is 0.246 e. The highest BCUT2D eigenvalue weighted by Crippen LogP contribution is 2.31. The third-order valence-electron chi connectivity index (χ3n) is 3.67. The molecule has 0 bridgehead atoms. The Morgan fingerprint density at radius 1 is 1.24 bits per heavy atom. The Bertz CT molecular complexity index is 712. The topological polar surface area (TPSA) is 67.4 Å².